The summed E-state index contributed by atoms with van der Waals surface area (Å²) in [5.74, 6) is 0.648. The summed E-state index contributed by atoms with van der Waals surface area (Å²) >= 11 is 0. The van der Waals surface area contributed by atoms with E-state index in [2.05, 4.69) is 10.2 Å². The molecule has 2 heterocycles. The van der Waals surface area contributed by atoms with Crippen LogP contribution in [-0.2, 0) is 0 Å². The Morgan fingerprint density at radius 3 is 3.06 bits per heavy atom. The molecular formula is C13H20N2O2. The number of aliphatic hydroxyl groups is 1. The molecule has 2 N–H and O–H groups in total. The summed E-state index contributed by atoms with van der Waals surface area (Å²) < 4.78 is 5.18. The first-order chi connectivity index (χ1) is 8.33. The molecule has 3 rings (SSSR count). The van der Waals surface area contributed by atoms with Crippen LogP contribution in [-0.4, -0.2) is 41.7 Å². The van der Waals surface area contributed by atoms with Gasteiger partial charge in [0.25, 0.3) is 0 Å². The fraction of sp³-hybridized carbons (Fsp3) is 0.692. The zero-order chi connectivity index (χ0) is 11.7. The van der Waals surface area contributed by atoms with Gasteiger partial charge in [-0.05, 0) is 31.4 Å². The lowest BCUT2D eigenvalue weighted by Crippen LogP contribution is -2.35. The fourth-order valence-electron chi connectivity index (χ4n) is 2.59. The Morgan fingerprint density at radius 2 is 2.35 bits per heavy atom. The number of rotatable bonds is 5. The Labute approximate surface area is 102 Å². The normalized spacial score (nSPS) is 27.5. The van der Waals surface area contributed by atoms with Gasteiger partial charge in [0.2, 0.25) is 0 Å². The van der Waals surface area contributed by atoms with Gasteiger partial charge in [0, 0.05) is 31.7 Å². The van der Waals surface area contributed by atoms with Crippen LogP contribution >= 0.6 is 0 Å². The van der Waals surface area contributed by atoms with E-state index in [4.69, 9.17) is 4.42 Å². The molecule has 2 aliphatic rings. The summed E-state index contributed by atoms with van der Waals surface area (Å²) in [6.45, 7) is 2.92. The van der Waals surface area contributed by atoms with E-state index in [1.54, 1.807) is 6.26 Å². The molecule has 4 nitrogen and oxygen atoms in total. The summed E-state index contributed by atoms with van der Waals surface area (Å²) in [4.78, 5) is 2.57. The fourth-order valence-corrected chi connectivity index (χ4v) is 2.59. The van der Waals surface area contributed by atoms with Gasteiger partial charge in [-0.3, -0.25) is 4.90 Å². The van der Waals surface area contributed by atoms with Gasteiger partial charge in [-0.15, -0.1) is 0 Å². The number of hydrogen-bond acceptors (Lipinski definition) is 4. The highest BCUT2D eigenvalue weighted by Gasteiger charge is 2.34. The lowest BCUT2D eigenvalue weighted by Gasteiger charge is -2.17. The first-order valence-electron chi connectivity index (χ1n) is 6.52. The maximum absolute atomic E-state index is 9.89. The highest BCUT2D eigenvalue weighted by atomic mass is 16.4. The van der Waals surface area contributed by atoms with Crippen LogP contribution in [0.5, 0.6) is 0 Å². The maximum Gasteiger partial charge on any atom is 0.133 e. The Hall–Kier alpha value is -0.840. The van der Waals surface area contributed by atoms with E-state index < -0.39 is 6.10 Å². The lowest BCUT2D eigenvalue weighted by molar-refractivity contribution is 0.143. The van der Waals surface area contributed by atoms with Crippen LogP contribution in [0.1, 0.15) is 31.1 Å². The minimum Gasteiger partial charge on any atom is -0.467 e. The van der Waals surface area contributed by atoms with Gasteiger partial charge in [0.05, 0.1) is 6.26 Å². The molecule has 2 fully saturated rings. The first-order valence-corrected chi connectivity index (χ1v) is 6.52. The zero-order valence-corrected chi connectivity index (χ0v) is 10.0. The van der Waals surface area contributed by atoms with Gasteiger partial charge in [-0.1, -0.05) is 0 Å². The predicted octanol–water partition coefficient (Wildman–Crippen LogP) is 1.14. The van der Waals surface area contributed by atoms with Crippen molar-refractivity contribution < 1.29 is 9.52 Å². The summed E-state index contributed by atoms with van der Waals surface area (Å²) in [6, 6.07) is 5.01. The largest absolute Gasteiger partial charge is 0.467 e. The quantitative estimate of drug-likeness (QED) is 0.805. The van der Waals surface area contributed by atoms with Crippen molar-refractivity contribution in [1.82, 2.24) is 10.2 Å². The van der Waals surface area contributed by atoms with E-state index in [9.17, 15) is 5.11 Å². The number of nitrogens with zero attached hydrogens (tertiary/aromatic N) is 1. The molecule has 1 aliphatic heterocycles. The third-order valence-electron chi connectivity index (χ3n) is 3.75. The van der Waals surface area contributed by atoms with Crippen molar-refractivity contribution in [3.8, 4) is 0 Å². The topological polar surface area (TPSA) is 48.6 Å². The molecule has 1 saturated carbocycles. The number of hydrogen-bond donors (Lipinski definition) is 2. The average Bonchev–Trinajstić information content (AvgIpc) is 2.88. The van der Waals surface area contributed by atoms with E-state index >= 15 is 0 Å². The minimum atomic E-state index is -0.528. The number of furan rings is 1. The van der Waals surface area contributed by atoms with Gasteiger partial charge in [-0.2, -0.15) is 0 Å². The molecule has 0 bridgehead atoms. The van der Waals surface area contributed by atoms with Crippen LogP contribution in [0.3, 0.4) is 0 Å². The minimum absolute atomic E-state index is 0.528. The second-order valence-corrected chi connectivity index (χ2v) is 5.15. The maximum atomic E-state index is 9.89. The van der Waals surface area contributed by atoms with Crippen molar-refractivity contribution in [2.75, 3.05) is 19.6 Å². The van der Waals surface area contributed by atoms with Crippen molar-refractivity contribution >= 4 is 0 Å². The van der Waals surface area contributed by atoms with Crippen molar-refractivity contribution in [2.45, 2.75) is 37.5 Å². The van der Waals surface area contributed by atoms with Gasteiger partial charge < -0.3 is 14.8 Å². The summed E-state index contributed by atoms with van der Waals surface area (Å²) in [5, 5.41) is 13.3. The Morgan fingerprint density at radius 1 is 1.47 bits per heavy atom. The molecule has 0 spiro atoms. The van der Waals surface area contributed by atoms with Crippen LogP contribution in [0.15, 0.2) is 22.8 Å². The SMILES string of the molecule is OC(CNC1CCN(C2CC2)C1)c1ccco1. The smallest absolute Gasteiger partial charge is 0.133 e. The number of nitrogens with one attached hydrogen (secondary N) is 1. The van der Waals surface area contributed by atoms with Crippen LogP contribution < -0.4 is 5.32 Å². The Balaban J connectivity index is 1.42. The third-order valence-corrected chi connectivity index (χ3v) is 3.75. The van der Waals surface area contributed by atoms with E-state index in [0.29, 0.717) is 18.3 Å². The van der Waals surface area contributed by atoms with Crippen LogP contribution in [0, 0.1) is 0 Å². The van der Waals surface area contributed by atoms with E-state index in [1.807, 2.05) is 12.1 Å². The monoisotopic (exact) mass is 236 g/mol. The lowest BCUT2D eigenvalue weighted by atomic mass is 10.2. The molecule has 94 valence electrons. The van der Waals surface area contributed by atoms with Crippen molar-refractivity contribution in [2.24, 2.45) is 0 Å². The van der Waals surface area contributed by atoms with E-state index in [0.717, 1.165) is 12.6 Å². The van der Waals surface area contributed by atoms with Crippen molar-refractivity contribution in [3.05, 3.63) is 24.2 Å². The standard InChI is InChI=1S/C13H20N2O2/c16-12(13-2-1-7-17-13)8-14-10-5-6-15(9-10)11-3-4-11/h1-2,7,10-12,14,16H,3-6,8-9H2. The van der Waals surface area contributed by atoms with Crippen molar-refractivity contribution in [1.29, 1.82) is 0 Å². The van der Waals surface area contributed by atoms with Crippen LogP contribution in [0.25, 0.3) is 0 Å². The van der Waals surface area contributed by atoms with E-state index in [1.165, 1.54) is 25.8 Å². The molecule has 1 aromatic rings. The third kappa shape index (κ3) is 2.70. The molecule has 17 heavy (non-hydrogen) atoms. The Bertz CT molecular complexity index is 348. The molecule has 1 aromatic heterocycles. The molecule has 4 heteroatoms. The molecule has 2 unspecified atom stereocenters. The molecule has 0 aromatic carbocycles. The number of aliphatic hydroxyl groups excluding tert-OH is 1. The molecule has 2 atom stereocenters. The van der Waals surface area contributed by atoms with Crippen LogP contribution in [0.4, 0.5) is 0 Å². The van der Waals surface area contributed by atoms with E-state index in [-0.39, 0.29) is 0 Å². The Kier molecular flexibility index (Phi) is 3.18. The number of likely N-dealkylation sites (tertiary alicyclic amines) is 1. The first kappa shape index (κ1) is 11.3. The van der Waals surface area contributed by atoms with Crippen molar-refractivity contribution in [3.63, 3.8) is 0 Å². The van der Waals surface area contributed by atoms with Gasteiger partial charge >= 0.3 is 0 Å². The molecule has 1 saturated heterocycles. The molecule has 1 aliphatic carbocycles. The molecule has 0 radical (unpaired) electrons. The highest BCUT2D eigenvalue weighted by molar-refractivity contribution is 5.02. The van der Waals surface area contributed by atoms with Gasteiger partial charge in [-0.25, -0.2) is 0 Å². The molecular weight excluding hydrogens is 216 g/mol. The van der Waals surface area contributed by atoms with Gasteiger partial charge in [0.15, 0.2) is 0 Å². The van der Waals surface area contributed by atoms with Crippen LogP contribution in [0.2, 0.25) is 0 Å². The summed E-state index contributed by atoms with van der Waals surface area (Å²) in [5.41, 5.74) is 0. The molecule has 0 amide bonds. The highest BCUT2D eigenvalue weighted by Crippen LogP contribution is 2.29. The summed E-state index contributed by atoms with van der Waals surface area (Å²) in [7, 11) is 0. The average molecular weight is 236 g/mol. The zero-order valence-electron chi connectivity index (χ0n) is 10.0. The van der Waals surface area contributed by atoms with Gasteiger partial charge in [0.1, 0.15) is 11.9 Å². The predicted molar refractivity (Wildman–Crippen MR) is 64.7 cm³/mol. The second-order valence-electron chi connectivity index (χ2n) is 5.15. The summed E-state index contributed by atoms with van der Waals surface area (Å²) in [6.07, 6.45) is 5.02. The second kappa shape index (κ2) is 4.80.